The van der Waals surface area contributed by atoms with Gasteiger partial charge in [0.05, 0.1) is 17.4 Å². The molecule has 0 spiro atoms. The van der Waals surface area contributed by atoms with Crippen LogP contribution in [0.1, 0.15) is 16.7 Å². The fourth-order valence-electron chi connectivity index (χ4n) is 2.29. The Morgan fingerprint density at radius 3 is 2.38 bits per heavy atom. The molecule has 7 heteroatoms. The van der Waals surface area contributed by atoms with Gasteiger partial charge in [-0.05, 0) is 43.3 Å². The fourth-order valence-corrected chi connectivity index (χ4v) is 2.29. The van der Waals surface area contributed by atoms with Crippen molar-refractivity contribution >= 4 is 17.2 Å². The number of carboxylic acid groups (broad SMARTS) is 2. The van der Waals surface area contributed by atoms with Crippen LogP contribution in [-0.2, 0) is 6.54 Å². The summed E-state index contributed by atoms with van der Waals surface area (Å²) in [5, 5.41) is 16.7. The van der Waals surface area contributed by atoms with Gasteiger partial charge in [0.1, 0.15) is 0 Å². The van der Waals surface area contributed by atoms with Crippen LogP contribution in [-0.4, -0.2) is 15.7 Å². The maximum Gasteiger partial charge on any atom is 1.00 e. The molecule has 0 fully saturated rings. The summed E-state index contributed by atoms with van der Waals surface area (Å²) in [7, 11) is 0. The third kappa shape index (κ3) is 7.89. The van der Waals surface area contributed by atoms with Gasteiger partial charge in [-0.15, -0.1) is 0 Å². The van der Waals surface area contributed by atoms with Crippen molar-refractivity contribution in [2.45, 2.75) is 20.4 Å². The second kappa shape index (κ2) is 12.6. The standard InChI is InChI=1S/C16H16N2.CH2O3.2Cs/c1-12-7-8-13(2)14(9-12)10-18-11-17-15-5-3-4-6-16(15)18;2-1(3)4;;/h3-9,11H,10H2,1-2H3;(H2,2,3,4);;/q;;2*+1/p-2. The Bertz CT molecular complexity index is 799. The number of imidazole rings is 1. The molecule has 2 aromatic carbocycles. The van der Waals surface area contributed by atoms with Crippen LogP contribution >= 0.6 is 0 Å². The van der Waals surface area contributed by atoms with E-state index in [2.05, 4.69) is 59.8 Å². The average molecular weight is 562 g/mol. The first-order valence-corrected chi connectivity index (χ1v) is 6.81. The van der Waals surface area contributed by atoms with Gasteiger partial charge in [0.25, 0.3) is 0 Å². The van der Waals surface area contributed by atoms with Gasteiger partial charge in [0.2, 0.25) is 0 Å². The summed E-state index contributed by atoms with van der Waals surface area (Å²) >= 11 is 0. The zero-order valence-corrected chi connectivity index (χ0v) is 27.0. The topological polar surface area (TPSA) is 81.0 Å². The number of nitrogens with zero attached hydrogens (tertiary/aromatic N) is 2. The average Bonchev–Trinajstić information content (AvgIpc) is 2.86. The molecule has 0 N–H and O–H groups in total. The molecule has 0 aliphatic rings. The number of hydrogen-bond acceptors (Lipinski definition) is 4. The molecule has 0 radical (unpaired) electrons. The number of carbonyl (C=O) groups is 1. The number of para-hydroxylation sites is 2. The Labute approximate surface area is 259 Å². The molecule has 0 atom stereocenters. The Balaban J connectivity index is 0.000000801. The van der Waals surface area contributed by atoms with Crippen molar-refractivity contribution in [1.82, 2.24) is 9.55 Å². The molecule has 1 aromatic heterocycles. The van der Waals surface area contributed by atoms with Crippen molar-refractivity contribution in [3.8, 4) is 0 Å². The largest absolute Gasteiger partial charge is 1.00 e. The minimum atomic E-state index is -2.33. The van der Waals surface area contributed by atoms with Crippen LogP contribution in [0.5, 0.6) is 0 Å². The quantitative estimate of drug-likeness (QED) is 0.315. The first-order valence-electron chi connectivity index (χ1n) is 6.81. The smallest absolute Gasteiger partial charge is 0.652 e. The van der Waals surface area contributed by atoms with Gasteiger partial charge < -0.3 is 19.6 Å². The van der Waals surface area contributed by atoms with E-state index in [1.165, 1.54) is 22.2 Å². The van der Waals surface area contributed by atoms with E-state index >= 15 is 0 Å². The van der Waals surface area contributed by atoms with Gasteiger partial charge in [0, 0.05) is 6.54 Å². The summed E-state index contributed by atoms with van der Waals surface area (Å²) in [6, 6.07) is 14.8. The Morgan fingerprint density at radius 2 is 1.71 bits per heavy atom. The van der Waals surface area contributed by atoms with E-state index in [1.807, 2.05) is 12.4 Å². The number of hydrogen-bond donors (Lipinski definition) is 0. The van der Waals surface area contributed by atoms with Gasteiger partial charge in [-0.1, -0.05) is 35.9 Å². The molecule has 24 heavy (non-hydrogen) atoms. The summed E-state index contributed by atoms with van der Waals surface area (Å²) < 4.78 is 2.21. The molecule has 3 rings (SSSR count). The third-order valence-corrected chi connectivity index (χ3v) is 3.37. The molecular formula is C17H16Cs2N2O3. The van der Waals surface area contributed by atoms with Crippen LogP contribution in [0.15, 0.2) is 48.8 Å². The molecule has 0 saturated carbocycles. The summed E-state index contributed by atoms with van der Waals surface area (Å²) in [5.41, 5.74) is 6.25. The Morgan fingerprint density at radius 1 is 1.08 bits per heavy atom. The summed E-state index contributed by atoms with van der Waals surface area (Å²) in [6.07, 6.45) is -0.410. The number of aromatic nitrogens is 2. The number of carbonyl (C=O) groups excluding carboxylic acids is 1. The first-order chi connectivity index (χ1) is 10.5. The van der Waals surface area contributed by atoms with Crippen LogP contribution in [0.25, 0.3) is 11.0 Å². The molecule has 0 bridgehead atoms. The predicted octanol–water partition coefficient (Wildman–Crippen LogP) is -4.74. The van der Waals surface area contributed by atoms with E-state index in [1.54, 1.807) is 0 Å². The van der Waals surface area contributed by atoms with Crippen molar-refractivity contribution in [3.63, 3.8) is 0 Å². The summed E-state index contributed by atoms with van der Waals surface area (Å²) in [4.78, 5) is 12.8. The van der Waals surface area contributed by atoms with Crippen LogP contribution in [0.2, 0.25) is 0 Å². The van der Waals surface area contributed by atoms with E-state index in [0.29, 0.717) is 0 Å². The minimum absolute atomic E-state index is 0. The van der Waals surface area contributed by atoms with Crippen molar-refractivity contribution < 1.29 is 153 Å². The SMILES string of the molecule is Cc1ccc(C)c(Cn2cnc3ccccc32)c1.O=C([O-])[O-].[Cs+].[Cs+]. The van der Waals surface area contributed by atoms with Crippen molar-refractivity contribution in [2.24, 2.45) is 0 Å². The maximum atomic E-state index is 8.33. The van der Waals surface area contributed by atoms with Gasteiger partial charge in [-0.3, -0.25) is 0 Å². The van der Waals surface area contributed by atoms with E-state index in [4.69, 9.17) is 15.0 Å². The Hall–Kier alpha value is 1.28. The van der Waals surface area contributed by atoms with Crippen molar-refractivity contribution in [1.29, 1.82) is 0 Å². The predicted molar refractivity (Wildman–Crippen MR) is 80.1 cm³/mol. The minimum Gasteiger partial charge on any atom is -0.652 e. The second-order valence-electron chi connectivity index (χ2n) is 5.04. The third-order valence-electron chi connectivity index (χ3n) is 3.37. The van der Waals surface area contributed by atoms with Gasteiger partial charge >= 0.3 is 138 Å². The monoisotopic (exact) mass is 562 g/mol. The molecule has 0 saturated heterocycles. The normalized spacial score (nSPS) is 9.25. The van der Waals surface area contributed by atoms with Gasteiger partial charge in [-0.2, -0.15) is 0 Å². The van der Waals surface area contributed by atoms with Crippen molar-refractivity contribution in [3.05, 3.63) is 65.5 Å². The van der Waals surface area contributed by atoms with Gasteiger partial charge in [-0.25, -0.2) is 4.98 Å². The van der Waals surface area contributed by atoms with Crippen LogP contribution < -0.4 is 148 Å². The van der Waals surface area contributed by atoms with Crippen LogP contribution in [0.4, 0.5) is 4.79 Å². The fraction of sp³-hybridized carbons (Fsp3) is 0.176. The van der Waals surface area contributed by atoms with Crippen LogP contribution in [0.3, 0.4) is 0 Å². The summed E-state index contributed by atoms with van der Waals surface area (Å²) in [6.45, 7) is 5.18. The number of rotatable bonds is 2. The number of aryl methyl sites for hydroxylation is 2. The molecule has 0 aliphatic heterocycles. The summed E-state index contributed by atoms with van der Waals surface area (Å²) in [5.74, 6) is 0. The Kier molecular flexibility index (Phi) is 13.3. The molecular weight excluding hydrogens is 546 g/mol. The molecule has 0 aliphatic carbocycles. The molecule has 0 unspecified atom stereocenters. The zero-order chi connectivity index (χ0) is 16.1. The van der Waals surface area contributed by atoms with E-state index < -0.39 is 6.16 Å². The number of fused-ring (bicyclic) bond motifs is 1. The van der Waals surface area contributed by atoms with E-state index in [9.17, 15) is 0 Å². The molecule has 0 amide bonds. The zero-order valence-electron chi connectivity index (χ0n) is 14.4. The maximum absolute atomic E-state index is 8.33. The first kappa shape index (κ1) is 25.3. The van der Waals surface area contributed by atoms with Crippen LogP contribution in [0, 0.1) is 13.8 Å². The molecule has 114 valence electrons. The van der Waals surface area contributed by atoms with E-state index in [-0.39, 0.29) is 138 Å². The molecule has 5 nitrogen and oxygen atoms in total. The van der Waals surface area contributed by atoms with Crippen molar-refractivity contribution in [2.75, 3.05) is 0 Å². The molecule has 3 aromatic rings. The molecule has 1 heterocycles. The number of benzene rings is 2. The van der Waals surface area contributed by atoms with Gasteiger partial charge in [0.15, 0.2) is 0 Å². The van der Waals surface area contributed by atoms with E-state index in [0.717, 1.165) is 12.1 Å². The second-order valence-corrected chi connectivity index (χ2v) is 5.04.